The second-order valence-electron chi connectivity index (χ2n) is 4.39. The summed E-state index contributed by atoms with van der Waals surface area (Å²) < 4.78 is 6.08. The van der Waals surface area contributed by atoms with Crippen LogP contribution in [-0.2, 0) is 17.9 Å². The van der Waals surface area contributed by atoms with E-state index >= 15 is 0 Å². The normalized spacial score (nSPS) is 10.4. The first kappa shape index (κ1) is 15.8. The maximum atomic E-state index is 12.0. The molecule has 1 amide bonds. The third-order valence-corrected chi connectivity index (χ3v) is 3.99. The Labute approximate surface area is 131 Å². The van der Waals surface area contributed by atoms with Gasteiger partial charge in [0, 0.05) is 11.9 Å². The molecule has 2 aromatic heterocycles. The number of carbonyl (C=O) groups is 1. The Morgan fingerprint density at radius 2 is 2.24 bits per heavy atom. The van der Waals surface area contributed by atoms with Crippen molar-refractivity contribution in [3.63, 3.8) is 0 Å². The number of thiophene rings is 1. The molecule has 0 aliphatic rings. The van der Waals surface area contributed by atoms with E-state index in [1.54, 1.807) is 24.1 Å². The first-order chi connectivity index (χ1) is 10.1. The lowest BCUT2D eigenvalue weighted by molar-refractivity contribution is -0.132. The summed E-state index contributed by atoms with van der Waals surface area (Å²) in [7, 11) is 1.71. The van der Waals surface area contributed by atoms with Crippen molar-refractivity contribution in [1.29, 1.82) is 0 Å². The third-order valence-electron chi connectivity index (χ3n) is 2.77. The SMILES string of the molecule is CN(Cc1ccc(Cl)s1)C(=O)COc1ccc(CO)nc1. The largest absolute Gasteiger partial charge is 0.482 e. The number of carbonyl (C=O) groups excluding carboxylic acids is 1. The van der Waals surface area contributed by atoms with Gasteiger partial charge < -0.3 is 14.7 Å². The number of aliphatic hydroxyl groups excluding tert-OH is 1. The van der Waals surface area contributed by atoms with Crippen LogP contribution in [0.3, 0.4) is 0 Å². The zero-order chi connectivity index (χ0) is 15.2. The Hall–Kier alpha value is -1.63. The number of pyridine rings is 1. The van der Waals surface area contributed by atoms with E-state index in [4.69, 9.17) is 21.4 Å². The molecule has 0 atom stereocenters. The van der Waals surface area contributed by atoms with Gasteiger partial charge in [0.25, 0.3) is 5.91 Å². The van der Waals surface area contributed by atoms with E-state index in [0.717, 1.165) is 4.88 Å². The van der Waals surface area contributed by atoms with Crippen molar-refractivity contribution >= 4 is 28.8 Å². The number of likely N-dealkylation sites (N-methyl/N-ethyl adjacent to an activating group) is 1. The molecule has 0 spiro atoms. The van der Waals surface area contributed by atoms with Crippen molar-refractivity contribution in [2.45, 2.75) is 13.2 Å². The quantitative estimate of drug-likeness (QED) is 0.885. The lowest BCUT2D eigenvalue weighted by Gasteiger charge is -2.16. The molecule has 0 aliphatic heterocycles. The number of ether oxygens (including phenoxy) is 1. The summed E-state index contributed by atoms with van der Waals surface area (Å²) in [5.41, 5.74) is 0.556. The Balaban J connectivity index is 1.82. The minimum absolute atomic E-state index is 0.0598. The Morgan fingerprint density at radius 1 is 1.43 bits per heavy atom. The molecule has 0 aliphatic carbocycles. The van der Waals surface area contributed by atoms with Gasteiger partial charge in [0.15, 0.2) is 6.61 Å². The molecule has 0 saturated heterocycles. The van der Waals surface area contributed by atoms with Gasteiger partial charge in [0.1, 0.15) is 5.75 Å². The van der Waals surface area contributed by atoms with Crippen LogP contribution < -0.4 is 4.74 Å². The highest BCUT2D eigenvalue weighted by Gasteiger charge is 2.11. The van der Waals surface area contributed by atoms with Gasteiger partial charge in [-0.2, -0.15) is 0 Å². The fraction of sp³-hybridized carbons (Fsp3) is 0.286. The van der Waals surface area contributed by atoms with Crippen LogP contribution in [0.15, 0.2) is 30.5 Å². The molecular weight excluding hydrogens is 312 g/mol. The second-order valence-corrected chi connectivity index (χ2v) is 6.19. The number of hydrogen-bond acceptors (Lipinski definition) is 5. The van der Waals surface area contributed by atoms with E-state index < -0.39 is 0 Å². The number of nitrogens with zero attached hydrogens (tertiary/aromatic N) is 2. The van der Waals surface area contributed by atoms with Gasteiger partial charge >= 0.3 is 0 Å². The summed E-state index contributed by atoms with van der Waals surface area (Å²) in [6.07, 6.45) is 1.48. The van der Waals surface area contributed by atoms with E-state index in [2.05, 4.69) is 4.98 Å². The minimum Gasteiger partial charge on any atom is -0.482 e. The molecule has 2 aromatic rings. The van der Waals surface area contributed by atoms with Crippen molar-refractivity contribution in [3.05, 3.63) is 45.4 Å². The fourth-order valence-electron chi connectivity index (χ4n) is 1.60. The van der Waals surface area contributed by atoms with Crippen LogP contribution in [0.25, 0.3) is 0 Å². The average Bonchev–Trinajstić information content (AvgIpc) is 2.90. The van der Waals surface area contributed by atoms with Crippen molar-refractivity contribution in [3.8, 4) is 5.75 Å². The highest BCUT2D eigenvalue weighted by Crippen LogP contribution is 2.22. The van der Waals surface area contributed by atoms with Crippen LogP contribution in [0.1, 0.15) is 10.6 Å². The van der Waals surface area contributed by atoms with Crippen LogP contribution in [0.2, 0.25) is 4.34 Å². The van der Waals surface area contributed by atoms with E-state index in [1.807, 2.05) is 12.1 Å². The summed E-state index contributed by atoms with van der Waals surface area (Å²) in [5, 5.41) is 8.89. The van der Waals surface area contributed by atoms with Gasteiger partial charge in [-0.05, 0) is 24.3 Å². The van der Waals surface area contributed by atoms with Gasteiger partial charge in [-0.1, -0.05) is 11.6 Å². The van der Waals surface area contributed by atoms with Crippen molar-refractivity contribution in [1.82, 2.24) is 9.88 Å². The monoisotopic (exact) mass is 326 g/mol. The van der Waals surface area contributed by atoms with Crippen LogP contribution in [0, 0.1) is 0 Å². The van der Waals surface area contributed by atoms with Crippen LogP contribution in [0.5, 0.6) is 5.75 Å². The first-order valence-electron chi connectivity index (χ1n) is 6.25. The van der Waals surface area contributed by atoms with Gasteiger partial charge in [-0.25, -0.2) is 0 Å². The predicted molar refractivity (Wildman–Crippen MR) is 81.5 cm³/mol. The molecule has 0 aromatic carbocycles. The van der Waals surface area contributed by atoms with E-state index in [1.165, 1.54) is 17.5 Å². The molecule has 2 heterocycles. The van der Waals surface area contributed by atoms with Crippen LogP contribution in [0.4, 0.5) is 0 Å². The molecule has 7 heteroatoms. The van der Waals surface area contributed by atoms with E-state index in [-0.39, 0.29) is 19.1 Å². The van der Waals surface area contributed by atoms with Gasteiger partial charge in [0.05, 0.1) is 29.4 Å². The zero-order valence-electron chi connectivity index (χ0n) is 11.5. The molecule has 0 radical (unpaired) electrons. The number of aliphatic hydroxyl groups is 1. The van der Waals surface area contributed by atoms with Crippen molar-refractivity contribution in [2.24, 2.45) is 0 Å². The van der Waals surface area contributed by atoms with E-state index in [0.29, 0.717) is 22.3 Å². The molecule has 112 valence electrons. The van der Waals surface area contributed by atoms with Crippen LogP contribution >= 0.6 is 22.9 Å². The van der Waals surface area contributed by atoms with Crippen LogP contribution in [-0.4, -0.2) is 34.6 Å². The zero-order valence-corrected chi connectivity index (χ0v) is 13.0. The van der Waals surface area contributed by atoms with Gasteiger partial charge in [0.2, 0.25) is 0 Å². The predicted octanol–water partition coefficient (Wildman–Crippen LogP) is 2.33. The number of halogens is 1. The molecule has 5 nitrogen and oxygen atoms in total. The summed E-state index contributed by atoms with van der Waals surface area (Å²) in [4.78, 5) is 18.5. The molecule has 0 fully saturated rings. The molecule has 2 rings (SSSR count). The molecule has 0 saturated carbocycles. The minimum atomic E-state index is -0.134. The third kappa shape index (κ3) is 4.70. The fourth-order valence-corrected chi connectivity index (χ4v) is 2.74. The molecule has 21 heavy (non-hydrogen) atoms. The summed E-state index contributed by atoms with van der Waals surface area (Å²) >= 11 is 7.30. The number of amides is 1. The molecule has 0 bridgehead atoms. The Kier molecular flexibility index (Phi) is 5.55. The smallest absolute Gasteiger partial charge is 0.260 e. The highest BCUT2D eigenvalue weighted by molar-refractivity contribution is 7.16. The standard InChI is InChI=1S/C14H15ClN2O3S/c1-17(7-12-4-5-13(15)21-12)14(19)9-20-11-3-2-10(8-18)16-6-11/h2-6,18H,7-9H2,1H3. The van der Waals surface area contributed by atoms with Crippen molar-refractivity contribution < 1.29 is 14.6 Å². The maximum absolute atomic E-state index is 12.0. The van der Waals surface area contributed by atoms with Gasteiger partial charge in [-0.3, -0.25) is 9.78 Å². The lowest BCUT2D eigenvalue weighted by Crippen LogP contribution is -2.30. The Morgan fingerprint density at radius 3 is 2.81 bits per heavy atom. The molecule has 0 unspecified atom stereocenters. The summed E-state index contributed by atoms with van der Waals surface area (Å²) in [5.74, 6) is 0.360. The van der Waals surface area contributed by atoms with Gasteiger partial charge in [-0.15, -0.1) is 11.3 Å². The second kappa shape index (κ2) is 7.40. The number of rotatable bonds is 6. The highest BCUT2D eigenvalue weighted by atomic mass is 35.5. The average molecular weight is 327 g/mol. The topological polar surface area (TPSA) is 62.7 Å². The number of hydrogen-bond donors (Lipinski definition) is 1. The molecular formula is C14H15ClN2O3S. The first-order valence-corrected chi connectivity index (χ1v) is 7.44. The lowest BCUT2D eigenvalue weighted by atomic mass is 10.3. The summed E-state index contributed by atoms with van der Waals surface area (Å²) in [6.45, 7) is 0.322. The Bertz CT molecular complexity index is 601. The van der Waals surface area contributed by atoms with Crippen molar-refractivity contribution in [2.75, 3.05) is 13.7 Å². The maximum Gasteiger partial charge on any atom is 0.260 e. The molecule has 1 N–H and O–H groups in total. The number of aromatic nitrogens is 1. The van der Waals surface area contributed by atoms with E-state index in [9.17, 15) is 4.79 Å². The summed E-state index contributed by atoms with van der Waals surface area (Å²) in [6, 6.07) is 7.03.